The number of rotatable bonds is 6. The summed E-state index contributed by atoms with van der Waals surface area (Å²) < 4.78 is 14.6. The minimum Gasteiger partial charge on any atom is -0.480 e. The number of halogens is 1. The third-order valence-corrected chi connectivity index (χ3v) is 2.69. The Morgan fingerprint density at radius 2 is 2.17 bits per heavy atom. The largest absolute Gasteiger partial charge is 0.480 e. The highest BCUT2D eigenvalue weighted by molar-refractivity contribution is 6.07. The summed E-state index contributed by atoms with van der Waals surface area (Å²) in [5, 5.41) is 26.4. The number of aliphatic carboxylic acids is 1. The third-order valence-electron chi connectivity index (χ3n) is 2.69. The van der Waals surface area contributed by atoms with Crippen molar-refractivity contribution in [2.75, 3.05) is 0 Å². The van der Waals surface area contributed by atoms with Gasteiger partial charge < -0.3 is 5.11 Å². The molecule has 10 heteroatoms. The van der Waals surface area contributed by atoms with Crippen molar-refractivity contribution < 1.29 is 24.0 Å². The number of carbonyl (C=O) groups is 2. The molecule has 0 aliphatic rings. The number of carboxylic acids is 1. The molecule has 23 heavy (non-hydrogen) atoms. The maximum atomic E-state index is 13.6. The van der Waals surface area contributed by atoms with E-state index < -0.39 is 40.3 Å². The molecule has 118 valence electrons. The lowest BCUT2D eigenvalue weighted by atomic mass is 10.1. The molecule has 0 amide bonds. The fourth-order valence-electron chi connectivity index (χ4n) is 1.67. The van der Waals surface area contributed by atoms with Crippen LogP contribution in [0.2, 0.25) is 0 Å². The van der Waals surface area contributed by atoms with Crippen molar-refractivity contribution in [3.05, 3.63) is 57.7 Å². The molecule has 0 aliphatic carbocycles. The van der Waals surface area contributed by atoms with Crippen LogP contribution in [0.5, 0.6) is 0 Å². The highest BCUT2D eigenvalue weighted by Gasteiger charge is 2.15. The second-order valence-corrected chi connectivity index (χ2v) is 4.35. The summed E-state index contributed by atoms with van der Waals surface area (Å²) in [5.74, 6) is -2.79. The number of aromatic nitrogens is 3. The fourth-order valence-corrected chi connectivity index (χ4v) is 1.67. The molecule has 2 rings (SSSR count). The lowest BCUT2D eigenvalue weighted by Gasteiger charge is -1.98. The van der Waals surface area contributed by atoms with Crippen molar-refractivity contribution in [3.8, 4) is 0 Å². The number of hydrogen-bond acceptors (Lipinski definition) is 6. The molecule has 1 aromatic carbocycles. The zero-order valence-electron chi connectivity index (χ0n) is 11.4. The van der Waals surface area contributed by atoms with Crippen LogP contribution in [0.25, 0.3) is 6.08 Å². The molecule has 0 unspecified atom stereocenters. The molecule has 1 heterocycles. The van der Waals surface area contributed by atoms with Gasteiger partial charge in [0.25, 0.3) is 5.69 Å². The van der Waals surface area contributed by atoms with E-state index in [1.165, 1.54) is 12.3 Å². The van der Waals surface area contributed by atoms with Crippen molar-refractivity contribution in [3.63, 3.8) is 0 Å². The Labute approximate surface area is 127 Å². The Hall–Kier alpha value is -3.43. The molecule has 0 saturated carbocycles. The Morgan fingerprint density at radius 3 is 2.83 bits per heavy atom. The number of ketones is 1. The molecule has 2 aromatic rings. The molecule has 1 N–H and O–H groups in total. The summed E-state index contributed by atoms with van der Waals surface area (Å²) in [6.45, 7) is -0.395. The van der Waals surface area contributed by atoms with Gasteiger partial charge in [0.05, 0.1) is 16.7 Å². The van der Waals surface area contributed by atoms with E-state index in [0.29, 0.717) is 0 Å². The maximum absolute atomic E-state index is 13.6. The van der Waals surface area contributed by atoms with Crippen molar-refractivity contribution in [1.29, 1.82) is 0 Å². The van der Waals surface area contributed by atoms with Gasteiger partial charge in [0, 0.05) is 12.1 Å². The van der Waals surface area contributed by atoms with Gasteiger partial charge in [-0.05, 0) is 18.2 Å². The summed E-state index contributed by atoms with van der Waals surface area (Å²) in [6, 6.07) is 2.62. The van der Waals surface area contributed by atoms with Gasteiger partial charge in [-0.1, -0.05) is 5.21 Å². The highest BCUT2D eigenvalue weighted by Crippen LogP contribution is 2.18. The average molecular weight is 320 g/mol. The van der Waals surface area contributed by atoms with Crippen LogP contribution in [0.1, 0.15) is 16.1 Å². The number of allylic oxidation sites excluding steroid dienone is 1. The summed E-state index contributed by atoms with van der Waals surface area (Å²) in [4.78, 5) is 32.3. The minimum absolute atomic E-state index is 0.186. The quantitative estimate of drug-likeness (QED) is 0.367. The predicted octanol–water partition coefficient (Wildman–Crippen LogP) is 1.31. The molecule has 0 saturated heterocycles. The Kier molecular flexibility index (Phi) is 4.55. The standard InChI is InChI=1S/C13H9FN4O5/c14-11-3-2-9(18(22)23)5-10(11)12(19)4-1-8-6-17(16-15-8)7-13(20)21/h1-6H,7H2,(H,20,21). The second kappa shape index (κ2) is 6.56. The van der Waals surface area contributed by atoms with Crippen molar-refractivity contribution in [2.24, 2.45) is 0 Å². The van der Waals surface area contributed by atoms with Crippen LogP contribution in [-0.2, 0) is 11.3 Å². The van der Waals surface area contributed by atoms with E-state index in [-0.39, 0.29) is 5.69 Å². The van der Waals surface area contributed by atoms with Gasteiger partial charge >= 0.3 is 5.97 Å². The number of nitro groups is 1. The van der Waals surface area contributed by atoms with Gasteiger partial charge in [-0.25, -0.2) is 9.07 Å². The Balaban J connectivity index is 2.18. The number of carboxylic acid groups (broad SMARTS) is 1. The number of benzene rings is 1. The van der Waals surface area contributed by atoms with Gasteiger partial charge in [0.15, 0.2) is 5.78 Å². The van der Waals surface area contributed by atoms with Crippen LogP contribution in [0.3, 0.4) is 0 Å². The Bertz CT molecular complexity index is 814. The van der Waals surface area contributed by atoms with Crippen LogP contribution >= 0.6 is 0 Å². The van der Waals surface area contributed by atoms with Gasteiger partial charge in [-0.15, -0.1) is 5.10 Å². The van der Waals surface area contributed by atoms with Crippen molar-refractivity contribution >= 4 is 23.5 Å². The number of nitro benzene ring substituents is 1. The molecule has 0 bridgehead atoms. The molecule has 0 aliphatic heterocycles. The summed E-state index contributed by atoms with van der Waals surface area (Å²) >= 11 is 0. The van der Waals surface area contributed by atoms with Crippen LogP contribution in [-0.4, -0.2) is 36.8 Å². The minimum atomic E-state index is -1.11. The maximum Gasteiger partial charge on any atom is 0.325 e. The van der Waals surface area contributed by atoms with Gasteiger partial charge in [-0.3, -0.25) is 19.7 Å². The average Bonchev–Trinajstić information content (AvgIpc) is 2.91. The van der Waals surface area contributed by atoms with Crippen LogP contribution < -0.4 is 0 Å². The van der Waals surface area contributed by atoms with Gasteiger partial charge in [0.1, 0.15) is 18.1 Å². The smallest absolute Gasteiger partial charge is 0.325 e. The zero-order valence-corrected chi connectivity index (χ0v) is 11.4. The van der Waals surface area contributed by atoms with E-state index in [0.717, 1.165) is 29.0 Å². The summed E-state index contributed by atoms with van der Waals surface area (Å²) in [6.07, 6.45) is 3.45. The number of hydrogen-bond donors (Lipinski definition) is 1. The summed E-state index contributed by atoms with van der Waals surface area (Å²) in [5.41, 5.74) is -0.672. The lowest BCUT2D eigenvalue weighted by Crippen LogP contribution is -2.08. The first kappa shape index (κ1) is 15.9. The van der Waals surface area contributed by atoms with E-state index in [1.54, 1.807) is 0 Å². The molecular weight excluding hydrogens is 311 g/mol. The van der Waals surface area contributed by atoms with E-state index >= 15 is 0 Å². The molecule has 9 nitrogen and oxygen atoms in total. The number of nitrogens with zero attached hydrogens (tertiary/aromatic N) is 4. The van der Waals surface area contributed by atoms with Crippen LogP contribution in [0, 0.1) is 15.9 Å². The first-order chi connectivity index (χ1) is 10.9. The van der Waals surface area contributed by atoms with E-state index in [1.807, 2.05) is 0 Å². The molecule has 0 fully saturated rings. The molecule has 0 radical (unpaired) electrons. The van der Waals surface area contributed by atoms with Crippen LogP contribution in [0.15, 0.2) is 30.5 Å². The molecule has 0 atom stereocenters. The third kappa shape index (κ3) is 4.03. The molecule has 1 aromatic heterocycles. The second-order valence-electron chi connectivity index (χ2n) is 4.35. The van der Waals surface area contributed by atoms with E-state index in [9.17, 15) is 24.1 Å². The summed E-state index contributed by atoms with van der Waals surface area (Å²) in [7, 11) is 0. The normalized spacial score (nSPS) is 10.8. The zero-order chi connectivity index (χ0) is 17.0. The molecule has 0 spiro atoms. The van der Waals surface area contributed by atoms with Gasteiger partial charge in [0.2, 0.25) is 0 Å². The Morgan fingerprint density at radius 1 is 1.43 bits per heavy atom. The van der Waals surface area contributed by atoms with E-state index in [4.69, 9.17) is 5.11 Å². The first-order valence-corrected chi connectivity index (χ1v) is 6.15. The first-order valence-electron chi connectivity index (χ1n) is 6.15. The number of carbonyl (C=O) groups excluding carboxylic acids is 1. The fraction of sp³-hybridized carbons (Fsp3) is 0.0769. The SMILES string of the molecule is O=C(O)Cn1cc(C=CC(=O)c2cc([N+](=O)[O-])ccc2F)nn1. The van der Waals surface area contributed by atoms with E-state index in [2.05, 4.69) is 10.3 Å². The van der Waals surface area contributed by atoms with Gasteiger partial charge in [-0.2, -0.15) is 0 Å². The van der Waals surface area contributed by atoms with Crippen LogP contribution in [0.4, 0.5) is 10.1 Å². The lowest BCUT2D eigenvalue weighted by molar-refractivity contribution is -0.384. The predicted molar refractivity (Wildman–Crippen MR) is 74.1 cm³/mol. The van der Waals surface area contributed by atoms with Crippen molar-refractivity contribution in [1.82, 2.24) is 15.0 Å². The van der Waals surface area contributed by atoms with Crippen molar-refractivity contribution in [2.45, 2.75) is 6.54 Å². The monoisotopic (exact) mass is 320 g/mol. The molecular formula is C13H9FN4O5. The number of non-ortho nitro benzene ring substituents is 1. The topological polar surface area (TPSA) is 128 Å². The highest BCUT2D eigenvalue weighted by atomic mass is 19.1.